The minimum Gasteiger partial charge on any atom is -0.338 e. The Hall–Kier alpha value is -2.70. The number of hydrogen-bond acceptors (Lipinski definition) is 3. The summed E-state index contributed by atoms with van der Waals surface area (Å²) >= 11 is 0. The van der Waals surface area contributed by atoms with E-state index < -0.39 is 0 Å². The number of nitrogens with zero attached hydrogens (tertiary/aromatic N) is 3. The summed E-state index contributed by atoms with van der Waals surface area (Å²) < 4.78 is 15.0. The molecule has 3 aromatic rings. The summed E-state index contributed by atoms with van der Waals surface area (Å²) in [5.74, 6) is 0.153. The van der Waals surface area contributed by atoms with Gasteiger partial charge in [0.1, 0.15) is 5.82 Å². The van der Waals surface area contributed by atoms with Crippen LogP contribution in [0.1, 0.15) is 34.5 Å². The Balaban J connectivity index is 0.00000256. The standard InChI is InChI=1S/C23H25FN4O.ClH/c1-2-22-20(13-26-28(22)19-10-8-18(24)9-11-19)23(29)27-14-17(12-25)21(15-27)16-6-4-3-5-7-16;/h3-11,13,17,21H,2,12,14-15,25H2,1H3;1H/t17-,21+;/m1./s1. The maximum atomic E-state index is 13.3. The quantitative estimate of drug-likeness (QED) is 0.672. The van der Waals surface area contributed by atoms with Crippen molar-refractivity contribution in [2.45, 2.75) is 19.3 Å². The Labute approximate surface area is 182 Å². The van der Waals surface area contributed by atoms with E-state index in [0.717, 1.165) is 11.4 Å². The number of amides is 1. The lowest BCUT2D eigenvalue weighted by atomic mass is 9.89. The van der Waals surface area contributed by atoms with Crippen molar-refractivity contribution in [1.82, 2.24) is 14.7 Å². The number of nitrogens with two attached hydrogens (primary N) is 1. The number of benzene rings is 2. The van der Waals surface area contributed by atoms with Crippen molar-refractivity contribution >= 4 is 18.3 Å². The van der Waals surface area contributed by atoms with E-state index in [1.807, 2.05) is 30.0 Å². The van der Waals surface area contributed by atoms with Crippen molar-refractivity contribution in [2.75, 3.05) is 19.6 Å². The van der Waals surface area contributed by atoms with Crippen molar-refractivity contribution < 1.29 is 9.18 Å². The minimum absolute atomic E-state index is 0. The summed E-state index contributed by atoms with van der Waals surface area (Å²) in [6, 6.07) is 16.4. The van der Waals surface area contributed by atoms with Gasteiger partial charge in [0, 0.05) is 19.0 Å². The second-order valence-corrected chi connectivity index (χ2v) is 7.47. The molecule has 1 aromatic heterocycles. The molecule has 0 unspecified atom stereocenters. The van der Waals surface area contributed by atoms with Gasteiger partial charge in [-0.05, 0) is 48.7 Å². The molecule has 1 aliphatic rings. The lowest BCUT2D eigenvalue weighted by Crippen LogP contribution is -2.30. The molecule has 4 rings (SSSR count). The first-order valence-corrected chi connectivity index (χ1v) is 9.99. The molecule has 2 N–H and O–H groups in total. The number of rotatable bonds is 5. The van der Waals surface area contributed by atoms with Gasteiger partial charge in [0.2, 0.25) is 0 Å². The average Bonchev–Trinajstić information content (AvgIpc) is 3.39. The van der Waals surface area contributed by atoms with Gasteiger partial charge < -0.3 is 10.6 Å². The number of halogens is 2. The predicted molar refractivity (Wildman–Crippen MR) is 118 cm³/mol. The molecular weight excluding hydrogens is 403 g/mol. The molecule has 2 atom stereocenters. The molecule has 30 heavy (non-hydrogen) atoms. The molecule has 1 saturated heterocycles. The van der Waals surface area contributed by atoms with Crippen molar-refractivity contribution in [3.8, 4) is 5.69 Å². The number of hydrogen-bond donors (Lipinski definition) is 1. The second kappa shape index (κ2) is 9.41. The largest absolute Gasteiger partial charge is 0.338 e. The van der Waals surface area contributed by atoms with Crippen LogP contribution in [-0.4, -0.2) is 40.2 Å². The predicted octanol–water partition coefficient (Wildman–Crippen LogP) is 3.81. The van der Waals surface area contributed by atoms with E-state index in [1.54, 1.807) is 23.0 Å². The van der Waals surface area contributed by atoms with E-state index >= 15 is 0 Å². The Morgan fingerprint density at radius 3 is 2.47 bits per heavy atom. The van der Waals surface area contributed by atoms with Gasteiger partial charge in [-0.15, -0.1) is 12.4 Å². The van der Waals surface area contributed by atoms with Gasteiger partial charge in [-0.2, -0.15) is 5.10 Å². The van der Waals surface area contributed by atoms with Crippen LogP contribution in [0.4, 0.5) is 4.39 Å². The zero-order valence-corrected chi connectivity index (χ0v) is 17.7. The van der Waals surface area contributed by atoms with Crippen LogP contribution in [0.2, 0.25) is 0 Å². The number of aromatic nitrogens is 2. The lowest BCUT2D eigenvalue weighted by molar-refractivity contribution is 0.0785. The maximum absolute atomic E-state index is 13.3. The van der Waals surface area contributed by atoms with E-state index in [2.05, 4.69) is 17.2 Å². The molecule has 0 radical (unpaired) electrons. The summed E-state index contributed by atoms with van der Waals surface area (Å²) in [7, 11) is 0. The fraction of sp³-hybridized carbons (Fsp3) is 0.304. The third-order valence-electron chi connectivity index (χ3n) is 5.76. The van der Waals surface area contributed by atoms with Crippen molar-refractivity contribution in [2.24, 2.45) is 11.7 Å². The zero-order chi connectivity index (χ0) is 20.4. The zero-order valence-electron chi connectivity index (χ0n) is 16.9. The van der Waals surface area contributed by atoms with Crippen LogP contribution < -0.4 is 5.73 Å². The smallest absolute Gasteiger partial charge is 0.257 e. The molecule has 0 aliphatic carbocycles. The molecule has 158 valence electrons. The van der Waals surface area contributed by atoms with Crippen LogP contribution in [0.15, 0.2) is 60.8 Å². The molecule has 2 heterocycles. The van der Waals surface area contributed by atoms with Crippen molar-refractivity contribution in [1.29, 1.82) is 0 Å². The third kappa shape index (κ3) is 4.11. The molecular formula is C23H26ClFN4O. The van der Waals surface area contributed by atoms with Crippen LogP contribution >= 0.6 is 12.4 Å². The van der Waals surface area contributed by atoms with Gasteiger partial charge in [-0.1, -0.05) is 37.3 Å². The highest BCUT2D eigenvalue weighted by Crippen LogP contribution is 2.33. The number of carbonyl (C=O) groups is 1. The molecule has 5 nitrogen and oxygen atoms in total. The molecule has 0 saturated carbocycles. The van der Waals surface area contributed by atoms with Gasteiger partial charge in [0.05, 0.1) is 23.1 Å². The van der Waals surface area contributed by atoms with Gasteiger partial charge in [-0.3, -0.25) is 4.79 Å². The van der Waals surface area contributed by atoms with Crippen LogP contribution in [0.25, 0.3) is 5.69 Å². The molecule has 0 bridgehead atoms. The fourth-order valence-corrected chi connectivity index (χ4v) is 4.22. The van der Waals surface area contributed by atoms with E-state index in [-0.39, 0.29) is 36.0 Å². The van der Waals surface area contributed by atoms with Gasteiger partial charge in [-0.25, -0.2) is 9.07 Å². The van der Waals surface area contributed by atoms with Gasteiger partial charge >= 0.3 is 0 Å². The first kappa shape index (κ1) is 22.0. The van der Waals surface area contributed by atoms with Crippen LogP contribution in [0.3, 0.4) is 0 Å². The van der Waals surface area contributed by atoms with E-state index in [9.17, 15) is 9.18 Å². The second-order valence-electron chi connectivity index (χ2n) is 7.47. The molecule has 7 heteroatoms. The van der Waals surface area contributed by atoms with Crippen LogP contribution in [0.5, 0.6) is 0 Å². The molecule has 1 fully saturated rings. The highest BCUT2D eigenvalue weighted by atomic mass is 35.5. The Morgan fingerprint density at radius 2 is 1.83 bits per heavy atom. The first-order chi connectivity index (χ1) is 14.1. The van der Waals surface area contributed by atoms with Gasteiger partial charge in [0.25, 0.3) is 5.91 Å². The normalized spacial score (nSPS) is 18.3. The summed E-state index contributed by atoms with van der Waals surface area (Å²) in [5, 5.41) is 4.42. The highest BCUT2D eigenvalue weighted by molar-refractivity contribution is 5.95. The van der Waals surface area contributed by atoms with Crippen LogP contribution in [0, 0.1) is 11.7 Å². The Kier molecular flexibility index (Phi) is 6.90. The van der Waals surface area contributed by atoms with Crippen LogP contribution in [-0.2, 0) is 6.42 Å². The van der Waals surface area contributed by atoms with E-state index in [4.69, 9.17) is 5.73 Å². The first-order valence-electron chi connectivity index (χ1n) is 9.99. The highest BCUT2D eigenvalue weighted by Gasteiger charge is 2.36. The summed E-state index contributed by atoms with van der Waals surface area (Å²) in [6.07, 6.45) is 2.27. The topological polar surface area (TPSA) is 64.2 Å². The van der Waals surface area contributed by atoms with Crippen molar-refractivity contribution in [3.63, 3.8) is 0 Å². The fourth-order valence-electron chi connectivity index (χ4n) is 4.22. The summed E-state index contributed by atoms with van der Waals surface area (Å²) in [6.45, 7) is 3.82. The van der Waals surface area contributed by atoms with E-state index in [1.165, 1.54) is 17.7 Å². The Bertz CT molecular complexity index is 990. The lowest BCUT2D eigenvalue weighted by Gasteiger charge is -2.17. The maximum Gasteiger partial charge on any atom is 0.257 e. The van der Waals surface area contributed by atoms with Crippen molar-refractivity contribution in [3.05, 3.63) is 83.4 Å². The van der Waals surface area contributed by atoms with E-state index in [0.29, 0.717) is 31.6 Å². The average molecular weight is 429 g/mol. The van der Waals surface area contributed by atoms with Gasteiger partial charge in [0.15, 0.2) is 0 Å². The number of likely N-dealkylation sites (tertiary alicyclic amines) is 1. The molecule has 1 aliphatic heterocycles. The number of carbonyl (C=O) groups excluding carboxylic acids is 1. The summed E-state index contributed by atoms with van der Waals surface area (Å²) in [5.41, 5.74) is 9.41. The SMILES string of the molecule is CCc1c(C(=O)N2C[C@@H](CN)[C@H](c3ccccc3)C2)cnn1-c1ccc(F)cc1.Cl. The summed E-state index contributed by atoms with van der Waals surface area (Å²) in [4.78, 5) is 15.2. The molecule has 1 amide bonds. The third-order valence-corrected chi connectivity index (χ3v) is 5.76. The monoisotopic (exact) mass is 428 g/mol. The molecule has 0 spiro atoms. The molecule has 2 aromatic carbocycles. The Morgan fingerprint density at radius 1 is 1.13 bits per heavy atom. The minimum atomic E-state index is -0.299.